The van der Waals surface area contributed by atoms with Gasteiger partial charge in [-0.3, -0.25) is 14.7 Å². The molecule has 0 aromatic carbocycles. The van der Waals surface area contributed by atoms with Crippen molar-refractivity contribution in [2.75, 3.05) is 26.7 Å². The van der Waals surface area contributed by atoms with Crippen LogP contribution in [0.2, 0.25) is 0 Å². The Morgan fingerprint density at radius 3 is 2.95 bits per heavy atom. The third kappa shape index (κ3) is 3.01. The Morgan fingerprint density at radius 1 is 1.58 bits per heavy atom. The summed E-state index contributed by atoms with van der Waals surface area (Å²) in [5, 5.41) is 0. The highest BCUT2D eigenvalue weighted by Crippen LogP contribution is 2.16. The highest BCUT2D eigenvalue weighted by atomic mass is 16.6. The van der Waals surface area contributed by atoms with Crippen LogP contribution in [0.15, 0.2) is 24.4 Å². The molecule has 2 rings (SSSR count). The molecule has 0 N–H and O–H groups in total. The molecule has 1 aromatic rings. The third-order valence-electron chi connectivity index (χ3n) is 3.26. The molecule has 1 aliphatic rings. The largest absolute Gasteiger partial charge is 0.448 e. The molecule has 1 unspecified atom stereocenters. The van der Waals surface area contributed by atoms with E-state index < -0.39 is 6.09 Å². The first-order valence-corrected chi connectivity index (χ1v) is 6.18. The second-order valence-electron chi connectivity index (χ2n) is 4.47. The van der Waals surface area contributed by atoms with Gasteiger partial charge >= 0.3 is 6.09 Å². The highest BCUT2D eigenvalue weighted by molar-refractivity contribution is 5.83. The summed E-state index contributed by atoms with van der Waals surface area (Å²) in [4.78, 5) is 30.6. The van der Waals surface area contributed by atoms with Crippen LogP contribution in [0.4, 0.5) is 4.79 Å². The lowest BCUT2D eigenvalue weighted by Crippen LogP contribution is -2.40. The smallest absolute Gasteiger partial charge is 0.410 e. The van der Waals surface area contributed by atoms with Crippen molar-refractivity contribution in [3.63, 3.8) is 0 Å². The number of carbonyl (C=O) groups excluding carboxylic acids is 2. The van der Waals surface area contributed by atoms with Crippen LogP contribution in [0.5, 0.6) is 0 Å². The molecule has 0 saturated carbocycles. The Labute approximate surface area is 112 Å². The number of cyclic esters (lactones) is 1. The average molecular weight is 263 g/mol. The van der Waals surface area contributed by atoms with Crippen LogP contribution in [0.25, 0.3) is 0 Å². The zero-order chi connectivity index (χ0) is 13.8. The van der Waals surface area contributed by atoms with Crippen molar-refractivity contribution in [2.45, 2.75) is 13.0 Å². The summed E-state index contributed by atoms with van der Waals surface area (Å²) in [6.07, 6.45) is 1.27. The predicted octanol–water partition coefficient (Wildman–Crippen LogP) is 1.05. The Balaban J connectivity index is 1.97. The van der Waals surface area contributed by atoms with Gasteiger partial charge in [-0.2, -0.15) is 0 Å². The van der Waals surface area contributed by atoms with Gasteiger partial charge in [0.2, 0.25) is 5.91 Å². The molecule has 1 saturated heterocycles. The van der Waals surface area contributed by atoms with Crippen molar-refractivity contribution < 1.29 is 14.3 Å². The first-order valence-electron chi connectivity index (χ1n) is 6.18. The minimum Gasteiger partial charge on any atom is -0.448 e. The van der Waals surface area contributed by atoms with E-state index in [0.717, 1.165) is 5.69 Å². The monoisotopic (exact) mass is 263 g/mol. The Kier molecular flexibility index (Phi) is 3.99. The fourth-order valence-corrected chi connectivity index (χ4v) is 1.88. The molecule has 1 aromatic heterocycles. The number of likely N-dealkylation sites (N-methyl/N-ethyl adjacent to an activating group) is 1. The Morgan fingerprint density at radius 2 is 2.37 bits per heavy atom. The van der Waals surface area contributed by atoms with Gasteiger partial charge in [-0.15, -0.1) is 0 Å². The number of hydrogen-bond acceptors (Lipinski definition) is 4. The average Bonchev–Trinajstić information content (AvgIpc) is 2.83. The van der Waals surface area contributed by atoms with Gasteiger partial charge in [0.1, 0.15) is 13.2 Å². The Hall–Kier alpha value is -2.11. The number of hydrogen-bond donors (Lipinski definition) is 0. The van der Waals surface area contributed by atoms with E-state index in [0.29, 0.717) is 13.2 Å². The maximum absolute atomic E-state index is 12.1. The van der Waals surface area contributed by atoms with E-state index in [9.17, 15) is 9.59 Å². The normalized spacial score (nSPS) is 16.1. The molecular weight excluding hydrogens is 246 g/mol. The van der Waals surface area contributed by atoms with Crippen LogP contribution in [0.1, 0.15) is 18.7 Å². The van der Waals surface area contributed by atoms with Gasteiger partial charge in [-0.25, -0.2) is 4.79 Å². The van der Waals surface area contributed by atoms with Crippen molar-refractivity contribution in [1.82, 2.24) is 14.8 Å². The molecule has 1 aliphatic heterocycles. The zero-order valence-electron chi connectivity index (χ0n) is 11.1. The first kappa shape index (κ1) is 13.3. The van der Waals surface area contributed by atoms with Crippen LogP contribution in [-0.2, 0) is 9.53 Å². The van der Waals surface area contributed by atoms with Crippen LogP contribution in [0.3, 0.4) is 0 Å². The summed E-state index contributed by atoms with van der Waals surface area (Å²) in [6, 6.07) is 5.46. The molecule has 6 heteroatoms. The summed E-state index contributed by atoms with van der Waals surface area (Å²) >= 11 is 0. The summed E-state index contributed by atoms with van der Waals surface area (Å²) in [7, 11) is 1.71. The van der Waals surface area contributed by atoms with E-state index in [2.05, 4.69) is 4.98 Å². The number of aromatic nitrogens is 1. The number of pyridine rings is 1. The van der Waals surface area contributed by atoms with Crippen molar-refractivity contribution >= 4 is 12.0 Å². The van der Waals surface area contributed by atoms with E-state index in [1.807, 2.05) is 25.1 Å². The molecular formula is C13H17N3O3. The molecule has 19 heavy (non-hydrogen) atoms. The first-order chi connectivity index (χ1) is 9.09. The van der Waals surface area contributed by atoms with Gasteiger partial charge < -0.3 is 9.64 Å². The summed E-state index contributed by atoms with van der Waals surface area (Å²) in [6.45, 7) is 2.77. The van der Waals surface area contributed by atoms with Gasteiger partial charge in [-0.1, -0.05) is 6.07 Å². The van der Waals surface area contributed by atoms with Gasteiger partial charge in [-0.05, 0) is 19.1 Å². The van der Waals surface area contributed by atoms with Crippen molar-refractivity contribution in [3.05, 3.63) is 30.1 Å². The molecule has 0 spiro atoms. The van der Waals surface area contributed by atoms with Crippen molar-refractivity contribution in [2.24, 2.45) is 0 Å². The molecule has 0 bridgehead atoms. The number of ether oxygens (including phenoxy) is 1. The lowest BCUT2D eigenvalue weighted by Gasteiger charge is -2.26. The molecule has 1 atom stereocenters. The summed E-state index contributed by atoms with van der Waals surface area (Å²) in [5.41, 5.74) is 0.822. The lowest BCUT2D eigenvalue weighted by molar-refractivity contribution is -0.132. The zero-order valence-corrected chi connectivity index (χ0v) is 11.1. The molecule has 1 fully saturated rings. The summed E-state index contributed by atoms with van der Waals surface area (Å²) in [5.74, 6) is -0.128. The van der Waals surface area contributed by atoms with E-state index in [1.165, 1.54) is 4.90 Å². The fraction of sp³-hybridized carbons (Fsp3) is 0.462. The van der Waals surface area contributed by atoms with E-state index in [4.69, 9.17) is 4.74 Å². The molecule has 0 aliphatic carbocycles. The van der Waals surface area contributed by atoms with Gasteiger partial charge in [0.15, 0.2) is 0 Å². The molecule has 2 amide bonds. The highest BCUT2D eigenvalue weighted by Gasteiger charge is 2.27. The van der Waals surface area contributed by atoms with Crippen LogP contribution in [-0.4, -0.2) is 53.5 Å². The van der Waals surface area contributed by atoms with E-state index >= 15 is 0 Å². The van der Waals surface area contributed by atoms with Crippen LogP contribution < -0.4 is 0 Å². The molecule has 6 nitrogen and oxygen atoms in total. The van der Waals surface area contributed by atoms with E-state index in [1.54, 1.807) is 18.1 Å². The fourth-order valence-electron chi connectivity index (χ4n) is 1.88. The SMILES string of the molecule is CC(c1ccccn1)N(C)C(=O)CN1CCOC1=O. The summed E-state index contributed by atoms with van der Waals surface area (Å²) < 4.78 is 4.80. The second kappa shape index (κ2) is 5.69. The van der Waals surface area contributed by atoms with Gasteiger partial charge in [0.25, 0.3) is 0 Å². The quantitative estimate of drug-likeness (QED) is 0.814. The predicted molar refractivity (Wildman–Crippen MR) is 68.3 cm³/mol. The van der Waals surface area contributed by atoms with E-state index in [-0.39, 0.29) is 18.5 Å². The number of carbonyl (C=O) groups is 2. The minimum absolute atomic E-state index is 0.0481. The molecule has 0 radical (unpaired) electrons. The van der Waals surface area contributed by atoms with Crippen LogP contribution >= 0.6 is 0 Å². The number of amides is 2. The standard InChI is InChI=1S/C13H17N3O3/c1-10(11-5-3-4-6-14-11)15(2)12(17)9-16-7-8-19-13(16)18/h3-6,10H,7-9H2,1-2H3. The van der Waals surface area contributed by atoms with Crippen LogP contribution in [0, 0.1) is 0 Å². The van der Waals surface area contributed by atoms with Crippen molar-refractivity contribution in [1.29, 1.82) is 0 Å². The molecule has 2 heterocycles. The number of rotatable bonds is 4. The lowest BCUT2D eigenvalue weighted by atomic mass is 10.2. The third-order valence-corrected chi connectivity index (χ3v) is 3.26. The Bertz CT molecular complexity index is 463. The number of nitrogens with zero attached hydrogens (tertiary/aromatic N) is 3. The van der Waals surface area contributed by atoms with Crippen molar-refractivity contribution in [3.8, 4) is 0 Å². The van der Waals surface area contributed by atoms with Gasteiger partial charge in [0.05, 0.1) is 18.3 Å². The maximum atomic E-state index is 12.1. The molecule has 102 valence electrons. The van der Waals surface area contributed by atoms with Gasteiger partial charge in [0, 0.05) is 13.2 Å². The topological polar surface area (TPSA) is 62.7 Å². The maximum Gasteiger partial charge on any atom is 0.410 e. The minimum atomic E-state index is -0.424. The second-order valence-corrected chi connectivity index (χ2v) is 4.47.